The SMILES string of the molecule is CCOc1ccc2cccc(OCC)c2c1C=NNC(=O)Nc1ccccc1. The highest BCUT2D eigenvalue weighted by Crippen LogP contribution is 2.33. The van der Waals surface area contributed by atoms with Gasteiger partial charge in [-0.15, -0.1) is 0 Å². The maximum absolute atomic E-state index is 12.1. The van der Waals surface area contributed by atoms with Crippen molar-refractivity contribution in [2.45, 2.75) is 13.8 Å². The van der Waals surface area contributed by atoms with E-state index >= 15 is 0 Å². The Morgan fingerprint density at radius 3 is 2.43 bits per heavy atom. The van der Waals surface area contributed by atoms with Crippen molar-refractivity contribution in [3.05, 3.63) is 66.2 Å². The molecule has 0 fully saturated rings. The second-order valence-electron chi connectivity index (χ2n) is 5.89. The number of para-hydroxylation sites is 1. The minimum absolute atomic E-state index is 0.425. The second kappa shape index (κ2) is 9.41. The summed E-state index contributed by atoms with van der Waals surface area (Å²) in [5.74, 6) is 1.42. The third kappa shape index (κ3) is 4.59. The smallest absolute Gasteiger partial charge is 0.339 e. The number of anilines is 1. The number of hydrogen-bond donors (Lipinski definition) is 2. The van der Waals surface area contributed by atoms with Gasteiger partial charge in [0.05, 0.1) is 19.4 Å². The zero-order valence-electron chi connectivity index (χ0n) is 15.9. The van der Waals surface area contributed by atoms with Gasteiger partial charge in [-0.3, -0.25) is 0 Å². The van der Waals surface area contributed by atoms with E-state index in [1.807, 2.05) is 62.4 Å². The molecule has 0 bridgehead atoms. The third-order valence-electron chi connectivity index (χ3n) is 4.00. The van der Waals surface area contributed by atoms with Gasteiger partial charge in [-0.25, -0.2) is 10.2 Å². The van der Waals surface area contributed by atoms with Gasteiger partial charge in [0.25, 0.3) is 0 Å². The van der Waals surface area contributed by atoms with Crippen molar-refractivity contribution in [3.8, 4) is 11.5 Å². The number of nitrogens with one attached hydrogen (secondary N) is 2. The van der Waals surface area contributed by atoms with Crippen LogP contribution in [0.15, 0.2) is 65.8 Å². The molecule has 0 unspecified atom stereocenters. The van der Waals surface area contributed by atoms with Crippen molar-refractivity contribution in [3.63, 3.8) is 0 Å². The first kappa shape index (κ1) is 19.2. The number of fused-ring (bicyclic) bond motifs is 1. The number of carbonyl (C=O) groups excluding carboxylic acids is 1. The normalized spacial score (nSPS) is 10.8. The summed E-state index contributed by atoms with van der Waals surface area (Å²) in [6, 6.07) is 18.5. The Balaban J connectivity index is 1.88. The number of hydrogen-bond acceptors (Lipinski definition) is 4. The lowest BCUT2D eigenvalue weighted by Crippen LogP contribution is -2.24. The quantitative estimate of drug-likeness (QED) is 0.459. The van der Waals surface area contributed by atoms with Gasteiger partial charge in [0.2, 0.25) is 0 Å². The van der Waals surface area contributed by atoms with Crippen LogP contribution in [0.2, 0.25) is 0 Å². The van der Waals surface area contributed by atoms with Crippen molar-refractivity contribution in [2.75, 3.05) is 18.5 Å². The minimum atomic E-state index is -0.425. The predicted molar refractivity (Wildman–Crippen MR) is 112 cm³/mol. The maximum Gasteiger partial charge on any atom is 0.339 e. The summed E-state index contributed by atoms with van der Waals surface area (Å²) in [5.41, 5.74) is 3.93. The largest absolute Gasteiger partial charge is 0.493 e. The highest BCUT2D eigenvalue weighted by Gasteiger charge is 2.12. The average molecular weight is 377 g/mol. The number of urea groups is 1. The molecule has 0 saturated carbocycles. The fraction of sp³-hybridized carbons (Fsp3) is 0.182. The number of nitrogens with zero attached hydrogens (tertiary/aromatic N) is 1. The van der Waals surface area contributed by atoms with Crippen LogP contribution in [0.5, 0.6) is 11.5 Å². The van der Waals surface area contributed by atoms with Crippen molar-refractivity contribution in [1.82, 2.24) is 5.43 Å². The lowest BCUT2D eigenvalue weighted by molar-refractivity contribution is 0.252. The van der Waals surface area contributed by atoms with Gasteiger partial charge in [0.15, 0.2) is 0 Å². The van der Waals surface area contributed by atoms with Crippen LogP contribution in [0.1, 0.15) is 19.4 Å². The number of carbonyl (C=O) groups is 1. The molecule has 0 heterocycles. The highest BCUT2D eigenvalue weighted by molar-refractivity contribution is 6.06. The zero-order valence-corrected chi connectivity index (χ0v) is 15.9. The van der Waals surface area contributed by atoms with Crippen LogP contribution >= 0.6 is 0 Å². The Morgan fingerprint density at radius 1 is 0.929 bits per heavy atom. The average Bonchev–Trinajstić information content (AvgIpc) is 2.70. The van der Waals surface area contributed by atoms with Crippen molar-refractivity contribution in [2.24, 2.45) is 5.10 Å². The molecule has 0 saturated heterocycles. The van der Waals surface area contributed by atoms with Gasteiger partial charge in [-0.1, -0.05) is 36.4 Å². The summed E-state index contributed by atoms with van der Waals surface area (Å²) >= 11 is 0. The molecule has 2 N–H and O–H groups in total. The van der Waals surface area contributed by atoms with Crippen LogP contribution in [0.4, 0.5) is 10.5 Å². The molecule has 0 aliphatic heterocycles. The van der Waals surface area contributed by atoms with E-state index in [4.69, 9.17) is 9.47 Å². The van der Waals surface area contributed by atoms with E-state index in [9.17, 15) is 4.79 Å². The van der Waals surface area contributed by atoms with Gasteiger partial charge in [-0.05, 0) is 43.5 Å². The summed E-state index contributed by atoms with van der Waals surface area (Å²) in [4.78, 5) is 12.1. The van der Waals surface area contributed by atoms with Crippen LogP contribution in [0.3, 0.4) is 0 Å². The second-order valence-corrected chi connectivity index (χ2v) is 5.89. The fourth-order valence-corrected chi connectivity index (χ4v) is 2.87. The first-order valence-corrected chi connectivity index (χ1v) is 9.19. The molecule has 0 aliphatic rings. The van der Waals surface area contributed by atoms with Gasteiger partial charge in [0.1, 0.15) is 11.5 Å². The molecular formula is C22H23N3O3. The molecule has 2 amide bonds. The first-order chi connectivity index (χ1) is 13.7. The molecule has 144 valence electrons. The molecule has 28 heavy (non-hydrogen) atoms. The predicted octanol–water partition coefficient (Wildman–Crippen LogP) is 4.79. The van der Waals surface area contributed by atoms with Crippen LogP contribution in [0, 0.1) is 0 Å². The van der Waals surface area contributed by atoms with E-state index < -0.39 is 6.03 Å². The molecule has 3 rings (SSSR count). The minimum Gasteiger partial charge on any atom is -0.493 e. The zero-order chi connectivity index (χ0) is 19.8. The number of ether oxygens (including phenoxy) is 2. The fourth-order valence-electron chi connectivity index (χ4n) is 2.87. The van der Waals surface area contributed by atoms with Crippen LogP contribution in [-0.4, -0.2) is 25.5 Å². The lowest BCUT2D eigenvalue weighted by atomic mass is 10.0. The molecule has 0 atom stereocenters. The number of rotatable bonds is 7. The summed E-state index contributed by atoms with van der Waals surface area (Å²) < 4.78 is 11.5. The molecule has 6 nitrogen and oxygen atoms in total. The van der Waals surface area contributed by atoms with Crippen molar-refractivity contribution >= 4 is 28.7 Å². The first-order valence-electron chi connectivity index (χ1n) is 9.19. The van der Waals surface area contributed by atoms with Gasteiger partial charge in [-0.2, -0.15) is 5.10 Å². The van der Waals surface area contributed by atoms with Crippen molar-refractivity contribution < 1.29 is 14.3 Å². The lowest BCUT2D eigenvalue weighted by Gasteiger charge is -2.14. The maximum atomic E-state index is 12.1. The van der Waals surface area contributed by atoms with E-state index in [-0.39, 0.29) is 0 Å². The topological polar surface area (TPSA) is 72.0 Å². The molecule has 0 aliphatic carbocycles. The standard InChI is InChI=1S/C22H23N3O3/c1-3-27-19-14-13-16-9-8-12-20(28-4-2)21(16)18(19)15-23-25-22(26)24-17-10-6-5-7-11-17/h5-15H,3-4H2,1-2H3,(H2,24,25,26). The van der Waals surface area contributed by atoms with E-state index in [0.29, 0.717) is 24.7 Å². The Hall–Kier alpha value is -3.54. The molecule has 3 aromatic rings. The molecule has 0 radical (unpaired) electrons. The van der Waals surface area contributed by atoms with Crippen LogP contribution in [0.25, 0.3) is 10.8 Å². The van der Waals surface area contributed by atoms with Gasteiger partial charge < -0.3 is 14.8 Å². The summed E-state index contributed by atoms with van der Waals surface area (Å²) in [5, 5.41) is 8.72. The number of amides is 2. The molecule has 3 aromatic carbocycles. The summed E-state index contributed by atoms with van der Waals surface area (Å²) in [7, 11) is 0. The molecule has 0 aromatic heterocycles. The summed E-state index contributed by atoms with van der Waals surface area (Å²) in [6.07, 6.45) is 1.58. The molecule has 6 heteroatoms. The molecular weight excluding hydrogens is 354 g/mol. The highest BCUT2D eigenvalue weighted by atomic mass is 16.5. The van der Waals surface area contributed by atoms with E-state index in [2.05, 4.69) is 15.8 Å². The van der Waals surface area contributed by atoms with Crippen LogP contribution in [-0.2, 0) is 0 Å². The Kier molecular flexibility index (Phi) is 6.46. The Labute approximate surface area is 164 Å². The molecule has 0 spiro atoms. The van der Waals surface area contributed by atoms with E-state index in [0.717, 1.165) is 22.1 Å². The van der Waals surface area contributed by atoms with Crippen molar-refractivity contribution in [1.29, 1.82) is 0 Å². The van der Waals surface area contributed by atoms with Gasteiger partial charge in [0, 0.05) is 16.6 Å². The monoisotopic (exact) mass is 377 g/mol. The van der Waals surface area contributed by atoms with Gasteiger partial charge >= 0.3 is 6.03 Å². The van der Waals surface area contributed by atoms with E-state index in [1.54, 1.807) is 18.3 Å². The number of hydrazone groups is 1. The third-order valence-corrected chi connectivity index (χ3v) is 4.00. The Morgan fingerprint density at radius 2 is 1.68 bits per heavy atom. The van der Waals surface area contributed by atoms with Crippen LogP contribution < -0.4 is 20.2 Å². The Bertz CT molecular complexity index is 971. The summed E-state index contributed by atoms with van der Waals surface area (Å²) in [6.45, 7) is 4.93. The number of benzene rings is 3. The van der Waals surface area contributed by atoms with E-state index in [1.165, 1.54) is 0 Å².